The van der Waals surface area contributed by atoms with E-state index in [1.54, 1.807) is 5.56 Å². The van der Waals surface area contributed by atoms with Crippen molar-refractivity contribution in [3.05, 3.63) is 218 Å². The topological polar surface area (TPSA) is 8.17 Å². The van der Waals surface area contributed by atoms with Crippen molar-refractivity contribution in [2.24, 2.45) is 23.7 Å². The van der Waals surface area contributed by atoms with E-state index in [-0.39, 0.29) is 0 Å². The van der Waals surface area contributed by atoms with Gasteiger partial charge < -0.3 is 9.47 Å². The van der Waals surface area contributed by atoms with Gasteiger partial charge >= 0.3 is 0 Å². The number of aromatic nitrogens is 1. The van der Waals surface area contributed by atoms with Crippen molar-refractivity contribution >= 4 is 49.6 Å². The first-order valence-corrected chi connectivity index (χ1v) is 23.4. The van der Waals surface area contributed by atoms with E-state index in [1.165, 1.54) is 103 Å². The molecule has 0 amide bonds. The maximum absolute atomic E-state index is 2.50. The lowest BCUT2D eigenvalue weighted by molar-refractivity contribution is -0.159. The highest BCUT2D eigenvalue weighted by Gasteiger charge is 2.65. The lowest BCUT2D eigenvalue weighted by Crippen LogP contribution is -2.65. The van der Waals surface area contributed by atoms with Crippen molar-refractivity contribution in [1.29, 1.82) is 0 Å². The van der Waals surface area contributed by atoms with E-state index >= 15 is 0 Å². The number of hydrogen-bond acceptors (Lipinski definition) is 1. The van der Waals surface area contributed by atoms with Crippen LogP contribution in [0.15, 0.2) is 212 Å². The van der Waals surface area contributed by atoms with E-state index < -0.39 is 0 Å². The summed E-state index contributed by atoms with van der Waals surface area (Å²) < 4.78 is 2.44. The van der Waals surface area contributed by atoms with Gasteiger partial charge in [0.05, 0.1) is 16.7 Å². The Morgan fingerprint density at radius 1 is 0.438 bits per heavy atom. The van der Waals surface area contributed by atoms with E-state index in [0.29, 0.717) is 5.41 Å². The molecule has 1 aromatic heterocycles. The highest BCUT2D eigenvalue weighted by molar-refractivity contribution is 6.09. The molecule has 0 saturated heterocycles. The van der Waals surface area contributed by atoms with Crippen LogP contribution < -0.4 is 4.90 Å². The highest BCUT2D eigenvalue weighted by atomic mass is 15.1. The van der Waals surface area contributed by atoms with Gasteiger partial charge in [0.2, 0.25) is 0 Å². The van der Waals surface area contributed by atoms with Crippen LogP contribution in [-0.4, -0.2) is 4.57 Å². The van der Waals surface area contributed by atoms with Gasteiger partial charge in [-0.3, -0.25) is 0 Å². The third kappa shape index (κ3) is 5.85. The fourth-order valence-electron chi connectivity index (χ4n) is 13.0. The predicted molar refractivity (Wildman–Crippen MR) is 269 cm³/mol. The summed E-state index contributed by atoms with van der Waals surface area (Å²) in [4.78, 5) is 2.46. The number of fused-ring (bicyclic) bond motifs is 4. The molecular formula is C62H50N2. The maximum atomic E-state index is 2.50. The smallest absolute Gasteiger partial charge is 0.0541 e. The molecule has 13 rings (SSSR count). The Morgan fingerprint density at radius 2 is 1.02 bits per heavy atom. The van der Waals surface area contributed by atoms with Crippen LogP contribution in [0.2, 0.25) is 0 Å². The van der Waals surface area contributed by atoms with E-state index in [2.05, 4.69) is 229 Å². The zero-order valence-corrected chi connectivity index (χ0v) is 36.2. The summed E-state index contributed by atoms with van der Waals surface area (Å²) in [7, 11) is 0. The van der Waals surface area contributed by atoms with Crippen LogP contribution in [0.3, 0.4) is 0 Å². The lowest BCUT2D eigenvalue weighted by atomic mass is 9.34. The molecule has 0 bridgehead atoms. The predicted octanol–water partition coefficient (Wildman–Crippen LogP) is 16.7. The molecule has 1 heterocycles. The lowest BCUT2D eigenvalue weighted by Gasteiger charge is -2.70. The van der Waals surface area contributed by atoms with Crippen molar-refractivity contribution in [3.63, 3.8) is 0 Å². The number of nitrogens with zero attached hydrogens (tertiary/aromatic N) is 2. The molecule has 3 fully saturated rings. The summed E-state index contributed by atoms with van der Waals surface area (Å²) in [6.07, 6.45) is 5.60. The molecule has 308 valence electrons. The molecule has 0 aliphatic heterocycles. The molecule has 0 N–H and O–H groups in total. The van der Waals surface area contributed by atoms with Crippen LogP contribution in [0.5, 0.6) is 0 Å². The van der Waals surface area contributed by atoms with Gasteiger partial charge in [-0.25, -0.2) is 0 Å². The molecule has 2 nitrogen and oxygen atoms in total. The molecule has 2 heteroatoms. The molecule has 3 saturated carbocycles. The van der Waals surface area contributed by atoms with E-state index in [1.807, 2.05) is 0 Å². The van der Waals surface area contributed by atoms with Crippen molar-refractivity contribution in [1.82, 2.24) is 4.57 Å². The standard InChI is InChI=1S/C62H50N2/c1-41-36-47-37-48-40-62(39-41,61(47)48)49-30-34-51(35-31-49)63(50-32-28-43(29-33-50)42-24-26-45(27-25-42)54-20-11-13-44-12-2-3-16-53(44)54)52-15-10-14-46(38-52)55-17-4-7-21-58(55)64-59-22-8-5-18-56(59)57-19-6-9-23-60(57)64/h2-35,38,41,47-48,61H,36-37,39-40H2,1H3/t41-,47?,48-,61?,62?/m0/s1. The zero-order chi connectivity index (χ0) is 42.4. The third-order valence-corrected chi connectivity index (χ3v) is 15.6. The van der Waals surface area contributed by atoms with Gasteiger partial charge in [-0.15, -0.1) is 0 Å². The Bertz CT molecular complexity index is 3320. The van der Waals surface area contributed by atoms with Crippen LogP contribution >= 0.6 is 0 Å². The van der Waals surface area contributed by atoms with E-state index in [4.69, 9.17) is 0 Å². The van der Waals surface area contributed by atoms with Gasteiger partial charge in [0.1, 0.15) is 0 Å². The Kier molecular flexibility index (Phi) is 8.60. The van der Waals surface area contributed by atoms with Gasteiger partial charge in [0, 0.05) is 33.4 Å². The van der Waals surface area contributed by atoms with Gasteiger partial charge in [-0.2, -0.15) is 0 Å². The Morgan fingerprint density at radius 3 is 1.75 bits per heavy atom. The number of hydrogen-bond donors (Lipinski definition) is 0. The summed E-state index contributed by atoms with van der Waals surface area (Å²) in [5, 5.41) is 5.09. The number of anilines is 3. The summed E-state index contributed by atoms with van der Waals surface area (Å²) >= 11 is 0. The first kappa shape index (κ1) is 37.4. The second-order valence-corrected chi connectivity index (χ2v) is 19.2. The molecule has 9 aromatic carbocycles. The Hall–Kier alpha value is -7.16. The second-order valence-electron chi connectivity index (χ2n) is 19.2. The molecule has 3 aliphatic carbocycles. The number of benzene rings is 9. The van der Waals surface area contributed by atoms with Crippen LogP contribution in [-0.2, 0) is 5.41 Å². The van der Waals surface area contributed by atoms with Gasteiger partial charge in [-0.05, 0) is 154 Å². The first-order valence-electron chi connectivity index (χ1n) is 23.4. The van der Waals surface area contributed by atoms with Crippen LogP contribution in [0.1, 0.15) is 38.2 Å². The van der Waals surface area contributed by atoms with E-state index in [0.717, 1.165) is 35.0 Å². The molecule has 5 atom stereocenters. The molecule has 0 radical (unpaired) electrons. The normalized spacial score (nSPS) is 21.0. The highest BCUT2D eigenvalue weighted by Crippen LogP contribution is 2.71. The molecule has 64 heavy (non-hydrogen) atoms. The average Bonchev–Trinajstić information content (AvgIpc) is 3.67. The summed E-state index contributed by atoms with van der Waals surface area (Å²) in [5.41, 5.74) is 16.3. The largest absolute Gasteiger partial charge is 0.310 e. The fraction of sp³-hybridized carbons (Fsp3) is 0.161. The average molecular weight is 823 g/mol. The molecule has 3 unspecified atom stereocenters. The quantitative estimate of drug-likeness (QED) is 0.148. The second kappa shape index (κ2) is 14.7. The monoisotopic (exact) mass is 822 g/mol. The Balaban J connectivity index is 0.892. The van der Waals surface area contributed by atoms with Crippen LogP contribution in [0.25, 0.3) is 71.6 Å². The minimum atomic E-state index is 0.371. The van der Waals surface area contributed by atoms with Crippen molar-refractivity contribution in [3.8, 4) is 39.1 Å². The Labute approximate surface area is 376 Å². The minimum Gasteiger partial charge on any atom is -0.310 e. The summed E-state index contributed by atoms with van der Waals surface area (Å²) in [5.74, 6) is 3.58. The van der Waals surface area contributed by atoms with Gasteiger partial charge in [0.15, 0.2) is 0 Å². The van der Waals surface area contributed by atoms with Crippen molar-refractivity contribution < 1.29 is 0 Å². The first-order chi connectivity index (χ1) is 31.6. The van der Waals surface area contributed by atoms with Gasteiger partial charge in [-0.1, -0.05) is 165 Å². The third-order valence-electron chi connectivity index (χ3n) is 15.6. The van der Waals surface area contributed by atoms with Crippen molar-refractivity contribution in [2.75, 3.05) is 4.90 Å². The minimum absolute atomic E-state index is 0.371. The van der Waals surface area contributed by atoms with Crippen molar-refractivity contribution in [2.45, 2.75) is 38.0 Å². The molecule has 3 aliphatic rings. The molecule has 0 spiro atoms. The molecule has 10 aromatic rings. The van der Waals surface area contributed by atoms with Crippen LogP contribution in [0.4, 0.5) is 17.1 Å². The summed E-state index contributed by atoms with van der Waals surface area (Å²) in [6.45, 7) is 2.50. The fourth-order valence-corrected chi connectivity index (χ4v) is 13.0. The molecular weight excluding hydrogens is 773 g/mol. The number of para-hydroxylation sites is 3. The number of rotatable bonds is 8. The maximum Gasteiger partial charge on any atom is 0.0541 e. The zero-order valence-electron chi connectivity index (χ0n) is 36.2. The van der Waals surface area contributed by atoms with Gasteiger partial charge in [0.25, 0.3) is 0 Å². The van der Waals surface area contributed by atoms with Crippen LogP contribution in [0, 0.1) is 23.7 Å². The SMILES string of the molecule is C[C@H]1CC2C[C@H]3CC(c4ccc(N(c5ccc(-c6ccc(-c7cccc8ccccc78)cc6)cc5)c5cccc(-c6ccccc6-n6c7ccccc7c7ccccc76)c5)cc4)(C1)C23. The summed E-state index contributed by atoms with van der Waals surface area (Å²) in [6, 6.07) is 78.9. The van der Waals surface area contributed by atoms with E-state index in [9.17, 15) is 0 Å².